The van der Waals surface area contributed by atoms with Gasteiger partial charge in [0.25, 0.3) is 0 Å². The molecule has 0 bridgehead atoms. The van der Waals surface area contributed by atoms with Crippen LogP contribution in [0.3, 0.4) is 0 Å². The number of ether oxygens (including phenoxy) is 2. The molecule has 1 saturated heterocycles. The maximum atomic E-state index is 12.1. The van der Waals surface area contributed by atoms with Crippen molar-refractivity contribution >= 4 is 11.8 Å². The number of hydrogen-bond acceptors (Lipinski definition) is 4. The molecule has 3 rings (SSSR count). The van der Waals surface area contributed by atoms with Gasteiger partial charge < -0.3 is 9.47 Å². The molecule has 1 aliphatic heterocycles. The Morgan fingerprint density at radius 2 is 2.11 bits per heavy atom. The molecule has 4 nitrogen and oxygen atoms in total. The van der Waals surface area contributed by atoms with Gasteiger partial charge in [0.15, 0.2) is 11.4 Å². The maximum absolute atomic E-state index is 12.1. The molecule has 1 aromatic carbocycles. The van der Waals surface area contributed by atoms with Crippen molar-refractivity contribution in [3.8, 4) is 0 Å². The van der Waals surface area contributed by atoms with Crippen LogP contribution in [0.5, 0.6) is 0 Å². The van der Waals surface area contributed by atoms with Gasteiger partial charge in [0.2, 0.25) is 0 Å². The number of esters is 1. The molecule has 2 atom stereocenters. The first-order chi connectivity index (χ1) is 9.20. The Morgan fingerprint density at radius 1 is 1.32 bits per heavy atom. The van der Waals surface area contributed by atoms with Crippen LogP contribution in [-0.2, 0) is 14.3 Å². The molecule has 2 unspecified atom stereocenters. The van der Waals surface area contributed by atoms with Gasteiger partial charge in [-0.15, -0.1) is 0 Å². The summed E-state index contributed by atoms with van der Waals surface area (Å²) in [6.07, 6.45) is 3.69. The number of carbonyl (C=O) groups excluding carboxylic acids is 2. The van der Waals surface area contributed by atoms with Crippen molar-refractivity contribution in [3.05, 3.63) is 48.0 Å². The molecular weight excluding hydrogens is 244 g/mol. The highest BCUT2D eigenvalue weighted by atomic mass is 16.6. The molecule has 0 aromatic heterocycles. The van der Waals surface area contributed by atoms with Crippen LogP contribution in [0.25, 0.3) is 0 Å². The van der Waals surface area contributed by atoms with Gasteiger partial charge in [0, 0.05) is 12.8 Å². The van der Waals surface area contributed by atoms with Crippen molar-refractivity contribution in [2.75, 3.05) is 6.61 Å². The fraction of sp³-hybridized carbons (Fsp3) is 0.333. The second-order valence-electron chi connectivity index (χ2n) is 4.82. The molecule has 2 aliphatic rings. The van der Waals surface area contributed by atoms with Gasteiger partial charge in [-0.3, -0.25) is 4.79 Å². The zero-order valence-electron chi connectivity index (χ0n) is 10.4. The van der Waals surface area contributed by atoms with E-state index in [4.69, 9.17) is 9.47 Å². The molecule has 0 radical (unpaired) electrons. The molecule has 1 fully saturated rings. The van der Waals surface area contributed by atoms with E-state index in [0.29, 0.717) is 18.6 Å². The molecule has 0 spiro atoms. The average Bonchev–Trinajstić information content (AvgIpc) is 2.82. The lowest BCUT2D eigenvalue weighted by atomic mass is 9.86. The number of fused-ring (bicyclic) bond motifs is 1. The number of hydrogen-bond donors (Lipinski definition) is 0. The maximum Gasteiger partial charge on any atom is 0.339 e. The van der Waals surface area contributed by atoms with E-state index in [-0.39, 0.29) is 24.3 Å². The van der Waals surface area contributed by atoms with E-state index in [1.807, 2.05) is 6.07 Å². The summed E-state index contributed by atoms with van der Waals surface area (Å²) in [5.41, 5.74) is -0.270. The Hall–Kier alpha value is -1.94. The lowest BCUT2D eigenvalue weighted by Gasteiger charge is -2.32. The highest BCUT2D eigenvalue weighted by Crippen LogP contribution is 2.36. The number of benzene rings is 1. The third-order valence-electron chi connectivity index (χ3n) is 3.59. The number of allylic oxidation sites excluding steroid dienone is 1. The van der Waals surface area contributed by atoms with Crippen LogP contribution in [0, 0.1) is 0 Å². The second-order valence-corrected chi connectivity index (χ2v) is 4.82. The van der Waals surface area contributed by atoms with Gasteiger partial charge in [-0.25, -0.2) is 4.79 Å². The van der Waals surface area contributed by atoms with Crippen molar-refractivity contribution in [1.29, 1.82) is 0 Å². The minimum Gasteiger partial charge on any atom is -0.448 e. The zero-order chi connectivity index (χ0) is 13.3. The van der Waals surface area contributed by atoms with Crippen molar-refractivity contribution in [2.24, 2.45) is 0 Å². The SMILES string of the molecule is O=C1C=CC2(OC(=O)c3ccccc3)CCOC2C1. The molecule has 0 saturated carbocycles. The third-order valence-corrected chi connectivity index (χ3v) is 3.59. The van der Waals surface area contributed by atoms with E-state index in [1.54, 1.807) is 30.3 Å². The molecular formula is C15H14O4. The molecule has 0 N–H and O–H groups in total. The summed E-state index contributed by atoms with van der Waals surface area (Å²) in [6, 6.07) is 8.84. The van der Waals surface area contributed by atoms with E-state index in [2.05, 4.69) is 0 Å². The molecule has 1 aromatic rings. The van der Waals surface area contributed by atoms with Crippen LogP contribution in [-0.4, -0.2) is 30.1 Å². The lowest BCUT2D eigenvalue weighted by Crippen LogP contribution is -2.44. The minimum absolute atomic E-state index is 0.0123. The molecule has 98 valence electrons. The summed E-state index contributed by atoms with van der Waals surface area (Å²) < 4.78 is 11.2. The van der Waals surface area contributed by atoms with E-state index < -0.39 is 5.60 Å². The van der Waals surface area contributed by atoms with Crippen LogP contribution < -0.4 is 0 Å². The summed E-state index contributed by atoms with van der Waals surface area (Å²) in [7, 11) is 0. The Labute approximate surface area is 111 Å². The third kappa shape index (κ3) is 2.19. The van der Waals surface area contributed by atoms with Crippen molar-refractivity contribution in [3.63, 3.8) is 0 Å². The predicted molar refractivity (Wildman–Crippen MR) is 67.7 cm³/mol. The van der Waals surface area contributed by atoms with E-state index in [9.17, 15) is 9.59 Å². The minimum atomic E-state index is -0.777. The predicted octanol–water partition coefficient (Wildman–Crippen LogP) is 1.90. The standard InChI is InChI=1S/C15H14O4/c16-12-6-7-15(8-9-18-13(15)10-12)19-14(17)11-4-2-1-3-5-11/h1-7,13H,8-10H2. The van der Waals surface area contributed by atoms with Crippen LogP contribution in [0.15, 0.2) is 42.5 Å². The van der Waals surface area contributed by atoms with E-state index in [1.165, 1.54) is 6.08 Å². The Bertz CT molecular complexity index is 534. The summed E-state index contributed by atoms with van der Waals surface area (Å²) >= 11 is 0. The van der Waals surface area contributed by atoms with Gasteiger partial charge in [-0.1, -0.05) is 18.2 Å². The van der Waals surface area contributed by atoms with Crippen LogP contribution in [0.1, 0.15) is 23.2 Å². The summed E-state index contributed by atoms with van der Waals surface area (Å²) in [6.45, 7) is 0.504. The van der Waals surface area contributed by atoms with Gasteiger partial charge in [0.05, 0.1) is 12.2 Å². The second kappa shape index (κ2) is 4.63. The molecule has 19 heavy (non-hydrogen) atoms. The fourth-order valence-corrected chi connectivity index (χ4v) is 2.53. The number of carbonyl (C=O) groups is 2. The molecule has 4 heteroatoms. The van der Waals surface area contributed by atoms with Gasteiger partial charge in [-0.2, -0.15) is 0 Å². The van der Waals surface area contributed by atoms with Crippen LogP contribution in [0.2, 0.25) is 0 Å². The van der Waals surface area contributed by atoms with Crippen molar-refractivity contribution in [1.82, 2.24) is 0 Å². The summed E-state index contributed by atoms with van der Waals surface area (Å²) in [4.78, 5) is 23.5. The number of rotatable bonds is 2. The smallest absolute Gasteiger partial charge is 0.339 e. The first-order valence-corrected chi connectivity index (χ1v) is 6.32. The fourth-order valence-electron chi connectivity index (χ4n) is 2.53. The van der Waals surface area contributed by atoms with Crippen LogP contribution in [0.4, 0.5) is 0 Å². The summed E-state index contributed by atoms with van der Waals surface area (Å²) in [5.74, 6) is -0.367. The monoisotopic (exact) mass is 258 g/mol. The molecule has 1 heterocycles. The van der Waals surface area contributed by atoms with E-state index in [0.717, 1.165) is 0 Å². The largest absolute Gasteiger partial charge is 0.448 e. The molecule has 0 amide bonds. The Kier molecular flexibility index (Phi) is 2.95. The summed E-state index contributed by atoms with van der Waals surface area (Å²) in [5, 5.41) is 0. The first-order valence-electron chi connectivity index (χ1n) is 6.32. The Balaban J connectivity index is 1.84. The topological polar surface area (TPSA) is 52.6 Å². The lowest BCUT2D eigenvalue weighted by molar-refractivity contribution is -0.121. The number of ketones is 1. The van der Waals surface area contributed by atoms with Crippen LogP contribution >= 0.6 is 0 Å². The van der Waals surface area contributed by atoms with Gasteiger partial charge >= 0.3 is 5.97 Å². The average molecular weight is 258 g/mol. The Morgan fingerprint density at radius 3 is 2.89 bits per heavy atom. The van der Waals surface area contributed by atoms with Crippen molar-refractivity contribution < 1.29 is 19.1 Å². The molecule has 1 aliphatic carbocycles. The van der Waals surface area contributed by atoms with E-state index >= 15 is 0 Å². The highest BCUT2D eigenvalue weighted by Gasteiger charge is 2.48. The van der Waals surface area contributed by atoms with Gasteiger partial charge in [-0.05, 0) is 24.3 Å². The van der Waals surface area contributed by atoms with Crippen molar-refractivity contribution in [2.45, 2.75) is 24.5 Å². The highest BCUT2D eigenvalue weighted by molar-refractivity contribution is 5.93. The normalized spacial score (nSPS) is 29.1. The zero-order valence-corrected chi connectivity index (χ0v) is 10.4. The first kappa shape index (κ1) is 12.1. The van der Waals surface area contributed by atoms with Gasteiger partial charge in [0.1, 0.15) is 6.10 Å². The quantitative estimate of drug-likeness (QED) is 0.760.